The number of para-hydroxylation sites is 2. The topological polar surface area (TPSA) is 56.1 Å². The lowest BCUT2D eigenvalue weighted by Crippen LogP contribution is -2.26. The Kier molecular flexibility index (Phi) is 5.43. The molecule has 1 N–H and O–H groups in total. The summed E-state index contributed by atoms with van der Waals surface area (Å²) in [6, 6.07) is 7.95. The highest BCUT2D eigenvalue weighted by molar-refractivity contribution is 7.99. The summed E-state index contributed by atoms with van der Waals surface area (Å²) in [4.78, 5) is 16.2. The molecular weight excluding hydrogens is 274 g/mol. The molecule has 0 aliphatic carbocycles. The molecule has 108 valence electrons. The van der Waals surface area contributed by atoms with E-state index in [2.05, 4.69) is 10.3 Å². The number of nitrogens with zero attached hydrogens (tertiary/aromatic N) is 2. The standard InChI is InChI=1S/C14H19N3O2S/c1-17-12-7-4-3-6-11(12)16-14(17)20-10-13(18)15-8-5-9-19-2/h3-4,6-7H,5,8-10H2,1-2H3,(H,15,18). The number of ether oxygens (including phenoxy) is 1. The molecule has 1 aromatic carbocycles. The summed E-state index contributed by atoms with van der Waals surface area (Å²) in [6.07, 6.45) is 0.833. The van der Waals surface area contributed by atoms with Gasteiger partial charge < -0.3 is 14.6 Å². The van der Waals surface area contributed by atoms with E-state index >= 15 is 0 Å². The fraction of sp³-hybridized carbons (Fsp3) is 0.429. The lowest BCUT2D eigenvalue weighted by atomic mass is 10.3. The average Bonchev–Trinajstić information content (AvgIpc) is 2.78. The quantitative estimate of drug-likeness (QED) is 0.625. The van der Waals surface area contributed by atoms with E-state index < -0.39 is 0 Å². The summed E-state index contributed by atoms with van der Waals surface area (Å²) in [5.74, 6) is 0.405. The number of aryl methyl sites for hydroxylation is 1. The van der Waals surface area contributed by atoms with Crippen LogP contribution in [0.1, 0.15) is 6.42 Å². The highest BCUT2D eigenvalue weighted by Crippen LogP contribution is 2.22. The summed E-state index contributed by atoms with van der Waals surface area (Å²) >= 11 is 1.45. The second kappa shape index (κ2) is 7.31. The van der Waals surface area contributed by atoms with E-state index in [4.69, 9.17) is 4.74 Å². The summed E-state index contributed by atoms with van der Waals surface area (Å²) in [7, 11) is 3.62. The van der Waals surface area contributed by atoms with Crippen LogP contribution in [0.5, 0.6) is 0 Å². The molecule has 0 aliphatic heterocycles. The molecule has 0 spiro atoms. The molecule has 1 amide bonds. The van der Waals surface area contributed by atoms with Gasteiger partial charge in [-0.25, -0.2) is 4.98 Å². The number of thioether (sulfide) groups is 1. The van der Waals surface area contributed by atoms with Crippen LogP contribution in [0.15, 0.2) is 29.4 Å². The number of aromatic nitrogens is 2. The monoisotopic (exact) mass is 293 g/mol. The van der Waals surface area contributed by atoms with Crippen LogP contribution >= 0.6 is 11.8 Å². The van der Waals surface area contributed by atoms with Gasteiger partial charge in [0.2, 0.25) is 5.91 Å². The second-order valence-corrected chi connectivity index (χ2v) is 5.37. The largest absolute Gasteiger partial charge is 0.385 e. The van der Waals surface area contributed by atoms with Crippen LogP contribution in [0.4, 0.5) is 0 Å². The Hall–Kier alpha value is -1.53. The number of nitrogens with one attached hydrogen (secondary N) is 1. The van der Waals surface area contributed by atoms with E-state index in [1.807, 2.05) is 35.9 Å². The van der Waals surface area contributed by atoms with Crippen molar-refractivity contribution < 1.29 is 9.53 Å². The lowest BCUT2D eigenvalue weighted by molar-refractivity contribution is -0.118. The molecule has 0 unspecified atom stereocenters. The zero-order valence-electron chi connectivity index (χ0n) is 11.8. The molecule has 0 saturated heterocycles. The number of carbonyl (C=O) groups is 1. The van der Waals surface area contributed by atoms with Crippen LogP contribution in [0.25, 0.3) is 11.0 Å². The maximum absolute atomic E-state index is 11.7. The van der Waals surface area contributed by atoms with Gasteiger partial charge in [0, 0.05) is 27.3 Å². The first kappa shape index (κ1) is 14.9. The van der Waals surface area contributed by atoms with Crippen molar-refractivity contribution >= 4 is 28.7 Å². The molecule has 0 radical (unpaired) electrons. The van der Waals surface area contributed by atoms with Crippen molar-refractivity contribution in [2.45, 2.75) is 11.6 Å². The molecule has 6 heteroatoms. The number of rotatable bonds is 7. The summed E-state index contributed by atoms with van der Waals surface area (Å²) < 4.78 is 6.94. The maximum Gasteiger partial charge on any atom is 0.230 e. The Balaban J connectivity index is 1.86. The lowest BCUT2D eigenvalue weighted by Gasteiger charge is -2.04. The van der Waals surface area contributed by atoms with Crippen LogP contribution in [0.2, 0.25) is 0 Å². The van der Waals surface area contributed by atoms with Gasteiger partial charge in [0.05, 0.1) is 16.8 Å². The molecule has 20 heavy (non-hydrogen) atoms. The zero-order chi connectivity index (χ0) is 14.4. The van der Waals surface area contributed by atoms with Crippen molar-refractivity contribution in [3.05, 3.63) is 24.3 Å². The van der Waals surface area contributed by atoms with Crippen LogP contribution in [-0.2, 0) is 16.6 Å². The van der Waals surface area contributed by atoms with E-state index in [0.29, 0.717) is 18.9 Å². The normalized spacial score (nSPS) is 10.9. The third-order valence-electron chi connectivity index (χ3n) is 2.93. The van der Waals surface area contributed by atoms with Gasteiger partial charge in [-0.1, -0.05) is 23.9 Å². The number of benzene rings is 1. The Bertz CT molecular complexity index is 583. The fourth-order valence-electron chi connectivity index (χ4n) is 1.88. The van der Waals surface area contributed by atoms with Crippen molar-refractivity contribution in [2.24, 2.45) is 7.05 Å². The SMILES string of the molecule is COCCCNC(=O)CSc1nc2ccccc2n1C. The second-order valence-electron chi connectivity index (χ2n) is 4.43. The Morgan fingerprint density at radius 3 is 3.00 bits per heavy atom. The molecule has 0 fully saturated rings. The third kappa shape index (κ3) is 3.74. The van der Waals surface area contributed by atoms with Crippen molar-refractivity contribution in [1.82, 2.24) is 14.9 Å². The molecule has 1 heterocycles. The van der Waals surface area contributed by atoms with Crippen LogP contribution in [0.3, 0.4) is 0 Å². The average molecular weight is 293 g/mol. The molecular formula is C14H19N3O2S. The molecule has 2 rings (SSSR count). The molecule has 1 aromatic heterocycles. The van der Waals surface area contributed by atoms with Gasteiger partial charge in [0.15, 0.2) is 5.16 Å². The van der Waals surface area contributed by atoms with Crippen molar-refractivity contribution in [1.29, 1.82) is 0 Å². The van der Waals surface area contributed by atoms with Crippen molar-refractivity contribution in [3.8, 4) is 0 Å². The molecule has 0 atom stereocenters. The molecule has 5 nitrogen and oxygen atoms in total. The zero-order valence-corrected chi connectivity index (χ0v) is 12.6. The van der Waals surface area contributed by atoms with Crippen LogP contribution < -0.4 is 5.32 Å². The summed E-state index contributed by atoms with van der Waals surface area (Å²) in [5.41, 5.74) is 2.04. The van der Waals surface area contributed by atoms with E-state index in [1.54, 1.807) is 7.11 Å². The summed E-state index contributed by atoms with van der Waals surface area (Å²) in [6.45, 7) is 1.31. The first-order valence-electron chi connectivity index (χ1n) is 6.52. The Labute approximate surface area is 122 Å². The first-order valence-corrected chi connectivity index (χ1v) is 7.51. The highest BCUT2D eigenvalue weighted by atomic mass is 32.2. The molecule has 0 saturated carbocycles. The first-order chi connectivity index (χ1) is 9.72. The number of carbonyl (C=O) groups excluding carboxylic acids is 1. The predicted molar refractivity (Wildman–Crippen MR) is 80.9 cm³/mol. The van der Waals surface area contributed by atoms with E-state index in [1.165, 1.54) is 11.8 Å². The van der Waals surface area contributed by atoms with E-state index in [9.17, 15) is 4.79 Å². The minimum absolute atomic E-state index is 0.0261. The number of fused-ring (bicyclic) bond motifs is 1. The number of imidazole rings is 1. The third-order valence-corrected chi connectivity index (χ3v) is 3.96. The van der Waals surface area contributed by atoms with Gasteiger partial charge in [0.25, 0.3) is 0 Å². The predicted octanol–water partition coefficient (Wildman–Crippen LogP) is 1.82. The smallest absolute Gasteiger partial charge is 0.230 e. The maximum atomic E-state index is 11.7. The fourth-order valence-corrected chi connectivity index (χ4v) is 2.70. The van der Waals surface area contributed by atoms with Crippen LogP contribution in [-0.4, -0.2) is 41.5 Å². The number of hydrogen-bond donors (Lipinski definition) is 1. The van der Waals surface area contributed by atoms with Gasteiger partial charge in [-0.2, -0.15) is 0 Å². The van der Waals surface area contributed by atoms with Gasteiger partial charge in [0.1, 0.15) is 0 Å². The van der Waals surface area contributed by atoms with Gasteiger partial charge in [-0.15, -0.1) is 0 Å². The van der Waals surface area contributed by atoms with Crippen molar-refractivity contribution in [2.75, 3.05) is 26.0 Å². The Morgan fingerprint density at radius 2 is 2.25 bits per heavy atom. The Morgan fingerprint density at radius 1 is 1.45 bits per heavy atom. The molecule has 0 bridgehead atoms. The van der Waals surface area contributed by atoms with E-state index in [0.717, 1.165) is 22.6 Å². The van der Waals surface area contributed by atoms with Gasteiger partial charge >= 0.3 is 0 Å². The number of methoxy groups -OCH3 is 1. The number of hydrogen-bond acceptors (Lipinski definition) is 4. The highest BCUT2D eigenvalue weighted by Gasteiger charge is 2.09. The van der Waals surface area contributed by atoms with Gasteiger partial charge in [-0.3, -0.25) is 4.79 Å². The minimum Gasteiger partial charge on any atom is -0.385 e. The summed E-state index contributed by atoms with van der Waals surface area (Å²) in [5, 5.41) is 3.72. The number of amides is 1. The molecule has 2 aromatic rings. The van der Waals surface area contributed by atoms with Crippen LogP contribution in [0, 0.1) is 0 Å². The molecule has 0 aliphatic rings. The van der Waals surface area contributed by atoms with E-state index in [-0.39, 0.29) is 5.91 Å². The van der Waals surface area contributed by atoms with Crippen molar-refractivity contribution in [3.63, 3.8) is 0 Å². The minimum atomic E-state index is 0.0261. The van der Waals surface area contributed by atoms with Gasteiger partial charge in [-0.05, 0) is 18.6 Å².